The monoisotopic (exact) mass is 562 g/mol. The Kier molecular flexibility index (Phi) is 7.30. The third kappa shape index (κ3) is 5.78. The number of alkyl halides is 1. The van der Waals surface area contributed by atoms with Gasteiger partial charge < -0.3 is 14.4 Å². The van der Waals surface area contributed by atoms with Crippen LogP contribution < -0.4 is 0 Å². The fraction of sp³-hybridized carbons (Fsp3) is 0.394. The lowest BCUT2D eigenvalue weighted by Crippen LogP contribution is -2.45. The molecular weight excluding hydrogens is 526 g/mol. The number of rotatable bonds is 2. The first kappa shape index (κ1) is 28.6. The average molecular weight is 563 g/mol. The number of aromatic nitrogens is 1. The van der Waals surface area contributed by atoms with Crippen LogP contribution in [0, 0.1) is 5.82 Å². The van der Waals surface area contributed by atoms with Gasteiger partial charge in [0.2, 0.25) is 0 Å². The predicted molar refractivity (Wildman–Crippen MR) is 157 cm³/mol. The Morgan fingerprint density at radius 1 is 0.854 bits per heavy atom. The number of hydrogen-bond donors (Lipinski definition) is 0. The van der Waals surface area contributed by atoms with Gasteiger partial charge >= 0.3 is 12.2 Å². The molecule has 6 nitrogen and oxygen atoms in total. The molecule has 0 saturated carbocycles. The molecule has 2 atom stereocenters. The molecule has 2 heterocycles. The van der Waals surface area contributed by atoms with Crippen LogP contribution in [0.15, 0.2) is 60.7 Å². The van der Waals surface area contributed by atoms with E-state index in [0.29, 0.717) is 22.2 Å². The molecule has 216 valence electrons. The molecular formula is C33H36F2N2O4. The molecule has 1 amide bonds. The first-order chi connectivity index (χ1) is 19.2. The second-order valence-electron chi connectivity index (χ2n) is 12.6. The van der Waals surface area contributed by atoms with E-state index in [1.165, 1.54) is 21.6 Å². The predicted octanol–water partition coefficient (Wildman–Crippen LogP) is 8.45. The lowest BCUT2D eigenvalue weighted by atomic mass is 9.85. The minimum absolute atomic E-state index is 0.0403. The van der Waals surface area contributed by atoms with Gasteiger partial charge in [-0.3, -0.25) is 0 Å². The fourth-order valence-electron chi connectivity index (χ4n) is 5.54. The first-order valence-electron chi connectivity index (χ1n) is 13.9. The van der Waals surface area contributed by atoms with Crippen LogP contribution in [0.2, 0.25) is 0 Å². The Balaban J connectivity index is 1.80. The topological polar surface area (TPSA) is 60.8 Å². The summed E-state index contributed by atoms with van der Waals surface area (Å²) in [7, 11) is 0. The molecule has 41 heavy (non-hydrogen) atoms. The van der Waals surface area contributed by atoms with Crippen molar-refractivity contribution in [1.29, 1.82) is 0 Å². The van der Waals surface area contributed by atoms with E-state index in [2.05, 4.69) is 0 Å². The van der Waals surface area contributed by atoms with Crippen molar-refractivity contribution in [2.75, 3.05) is 13.1 Å². The summed E-state index contributed by atoms with van der Waals surface area (Å²) in [5.74, 6) is -1.34. The Morgan fingerprint density at radius 3 is 2.22 bits per heavy atom. The third-order valence-electron chi connectivity index (χ3n) is 7.14. The van der Waals surface area contributed by atoms with Crippen molar-refractivity contribution in [2.24, 2.45) is 0 Å². The Hall–Kier alpha value is -3.94. The van der Waals surface area contributed by atoms with Crippen molar-refractivity contribution in [3.63, 3.8) is 0 Å². The van der Waals surface area contributed by atoms with Gasteiger partial charge in [-0.15, -0.1) is 0 Å². The summed E-state index contributed by atoms with van der Waals surface area (Å²) in [6.45, 7) is 10.9. The molecule has 0 radical (unpaired) electrons. The highest BCUT2D eigenvalue weighted by atomic mass is 19.1. The normalized spacial score (nSPS) is 18.1. The maximum Gasteiger partial charge on any atom is 0.419 e. The van der Waals surface area contributed by atoms with Gasteiger partial charge in [-0.1, -0.05) is 42.5 Å². The Morgan fingerprint density at radius 2 is 1.51 bits per heavy atom. The number of carbonyl (C=O) groups excluding carboxylic acids is 2. The van der Waals surface area contributed by atoms with Gasteiger partial charge in [0, 0.05) is 30.0 Å². The zero-order valence-corrected chi connectivity index (χ0v) is 24.3. The minimum Gasteiger partial charge on any atom is -0.444 e. The fourth-order valence-corrected chi connectivity index (χ4v) is 5.54. The van der Waals surface area contributed by atoms with Crippen molar-refractivity contribution >= 4 is 33.9 Å². The molecule has 0 bridgehead atoms. The highest BCUT2D eigenvalue weighted by molar-refractivity contribution is 6.05. The van der Waals surface area contributed by atoms with Crippen LogP contribution in [0.5, 0.6) is 0 Å². The van der Waals surface area contributed by atoms with Crippen molar-refractivity contribution < 1.29 is 27.8 Å². The number of hydrogen-bond acceptors (Lipinski definition) is 4. The number of piperidine rings is 1. The van der Waals surface area contributed by atoms with Crippen LogP contribution in [0.3, 0.4) is 0 Å². The van der Waals surface area contributed by atoms with Gasteiger partial charge in [-0.05, 0) is 82.5 Å². The quantitative estimate of drug-likeness (QED) is 0.246. The summed E-state index contributed by atoms with van der Waals surface area (Å²) >= 11 is 0. The first-order valence-corrected chi connectivity index (χ1v) is 13.9. The summed E-state index contributed by atoms with van der Waals surface area (Å²) in [6.07, 6.45) is -2.44. The number of benzene rings is 3. The van der Waals surface area contributed by atoms with E-state index in [9.17, 15) is 14.0 Å². The number of amides is 1. The number of ether oxygens (including phenoxy) is 2. The lowest BCUT2D eigenvalue weighted by Gasteiger charge is -2.36. The van der Waals surface area contributed by atoms with E-state index in [1.54, 1.807) is 47.6 Å². The maximum atomic E-state index is 16.0. The van der Waals surface area contributed by atoms with Gasteiger partial charge in [0.15, 0.2) is 0 Å². The van der Waals surface area contributed by atoms with Crippen LogP contribution in [0.4, 0.5) is 18.4 Å². The summed E-state index contributed by atoms with van der Waals surface area (Å²) in [5.41, 5.74) is 0.370. The summed E-state index contributed by atoms with van der Waals surface area (Å²) in [6, 6.07) is 17.6. The molecule has 0 aliphatic carbocycles. The van der Waals surface area contributed by atoms with Gasteiger partial charge in [-0.25, -0.2) is 22.9 Å². The molecule has 1 aromatic heterocycles. The molecule has 3 aromatic carbocycles. The van der Waals surface area contributed by atoms with Gasteiger partial charge in [0.05, 0.1) is 11.2 Å². The summed E-state index contributed by atoms with van der Waals surface area (Å²) in [5, 5.41) is 2.30. The number of carbonyl (C=O) groups is 2. The van der Waals surface area contributed by atoms with Gasteiger partial charge in [0.1, 0.15) is 23.2 Å². The van der Waals surface area contributed by atoms with E-state index in [-0.39, 0.29) is 25.0 Å². The van der Waals surface area contributed by atoms with Gasteiger partial charge in [0.25, 0.3) is 0 Å². The zero-order valence-electron chi connectivity index (χ0n) is 24.3. The second-order valence-corrected chi connectivity index (χ2v) is 12.6. The number of nitrogens with zero attached hydrogens (tertiary/aromatic N) is 2. The van der Waals surface area contributed by atoms with Crippen LogP contribution in [-0.2, 0) is 9.47 Å². The SMILES string of the molecule is CC(C)(C)OC(=O)N1CC[C@@H](F)[C@H](c2c(-c3cccc4ccccc34)n(C(=O)OC(C)(C)C)c3cc(F)ccc23)C1. The molecule has 4 aromatic rings. The summed E-state index contributed by atoms with van der Waals surface area (Å²) < 4.78 is 43.6. The number of halogens is 2. The van der Waals surface area contributed by atoms with Crippen LogP contribution >= 0.6 is 0 Å². The molecule has 1 saturated heterocycles. The highest BCUT2D eigenvalue weighted by Crippen LogP contribution is 2.45. The summed E-state index contributed by atoms with van der Waals surface area (Å²) in [4.78, 5) is 28.4. The van der Waals surface area contributed by atoms with E-state index in [4.69, 9.17) is 9.47 Å². The maximum absolute atomic E-state index is 16.0. The largest absolute Gasteiger partial charge is 0.444 e. The van der Waals surface area contributed by atoms with Crippen LogP contribution in [0.25, 0.3) is 32.9 Å². The standard InChI is InChI=1S/C33H36F2N2O4/c1-32(2,3)40-30(38)36-17-16-26(35)25(19-36)28-24-15-14-21(34)18-27(24)37(31(39)41-33(4,5)6)29(28)23-13-9-11-20-10-7-8-12-22(20)23/h7-15,18,25-26H,16-17,19H2,1-6H3/t25-,26-/m1/s1. The van der Waals surface area contributed by atoms with Crippen molar-refractivity contribution in [1.82, 2.24) is 9.47 Å². The zero-order chi connectivity index (χ0) is 29.7. The number of likely N-dealkylation sites (tertiary alicyclic amines) is 1. The van der Waals surface area contributed by atoms with Crippen molar-refractivity contribution in [3.05, 3.63) is 72.0 Å². The van der Waals surface area contributed by atoms with Gasteiger partial charge in [-0.2, -0.15) is 0 Å². The average Bonchev–Trinajstić information content (AvgIpc) is 3.20. The second kappa shape index (κ2) is 10.5. The minimum atomic E-state index is -1.31. The smallest absolute Gasteiger partial charge is 0.419 e. The van der Waals surface area contributed by atoms with E-state index in [0.717, 1.165) is 10.8 Å². The third-order valence-corrected chi connectivity index (χ3v) is 7.14. The number of fused-ring (bicyclic) bond motifs is 2. The Labute approximate surface area is 238 Å². The van der Waals surface area contributed by atoms with E-state index in [1.807, 2.05) is 42.5 Å². The Bertz CT molecular complexity index is 1630. The van der Waals surface area contributed by atoms with Crippen LogP contribution in [0.1, 0.15) is 59.4 Å². The van der Waals surface area contributed by atoms with Crippen LogP contribution in [-0.4, -0.2) is 52.1 Å². The molecule has 8 heteroatoms. The van der Waals surface area contributed by atoms with E-state index < -0.39 is 41.3 Å². The van der Waals surface area contributed by atoms with Crippen molar-refractivity contribution in [2.45, 2.75) is 71.3 Å². The van der Waals surface area contributed by atoms with E-state index >= 15 is 4.39 Å². The molecule has 1 fully saturated rings. The lowest BCUT2D eigenvalue weighted by molar-refractivity contribution is 0.0135. The molecule has 1 aliphatic rings. The van der Waals surface area contributed by atoms with Crippen molar-refractivity contribution in [3.8, 4) is 11.3 Å². The molecule has 0 N–H and O–H groups in total. The molecule has 5 rings (SSSR count). The molecule has 1 aliphatic heterocycles. The highest BCUT2D eigenvalue weighted by Gasteiger charge is 2.39. The molecule has 0 unspecified atom stereocenters. The molecule has 0 spiro atoms.